The predicted octanol–water partition coefficient (Wildman–Crippen LogP) is -0.0501. The SMILES string of the molecule is Nc1nc(CC(=O)NC2C(=O)N3C(C(=O)O)=C(CSc4nnc(NCCS(=O)(=O)O)s4)CS[C@H]23)cs1. The Morgan fingerprint density at radius 1 is 1.33 bits per heavy atom. The first-order valence-corrected chi connectivity index (χ1v) is 15.4. The fourth-order valence-corrected chi connectivity index (χ4v) is 7.55. The van der Waals surface area contributed by atoms with Crippen LogP contribution >= 0.6 is 46.2 Å². The van der Waals surface area contributed by atoms with E-state index in [1.807, 2.05) is 0 Å². The highest BCUT2D eigenvalue weighted by Gasteiger charge is 2.54. The van der Waals surface area contributed by atoms with Gasteiger partial charge in [-0.1, -0.05) is 23.1 Å². The fraction of sp³-hybridized carbons (Fsp3) is 0.412. The van der Waals surface area contributed by atoms with Gasteiger partial charge in [-0.05, 0) is 5.57 Å². The Hall–Kier alpha value is -2.45. The molecule has 0 saturated carbocycles. The number of amides is 2. The molecule has 1 fully saturated rings. The molecule has 1 unspecified atom stereocenters. The molecule has 2 aromatic rings. The molecule has 2 aromatic heterocycles. The van der Waals surface area contributed by atoms with E-state index in [1.165, 1.54) is 39.8 Å². The standard InChI is InChI=1S/C17H19N7O7S5/c18-15-20-8(6-33-15)3-9(25)21-10-12(26)24-11(14(27)28)7(4-32-13(10)24)5-34-17-23-22-16(35-17)19-1-2-36(29,30)31/h6,10,13H,1-5H2,(H2,18,20)(H,19,22)(H,21,25)(H,27,28)(H,29,30,31)/t10?,13-/m1/s1. The van der Waals surface area contributed by atoms with Crippen molar-refractivity contribution in [2.24, 2.45) is 0 Å². The summed E-state index contributed by atoms with van der Waals surface area (Å²) in [6, 6.07) is -0.832. The third-order valence-corrected chi connectivity index (χ3v) is 9.77. The second-order valence-corrected chi connectivity index (χ2v) is 13.2. The number of carboxylic acids is 1. The van der Waals surface area contributed by atoms with Crippen LogP contribution in [0.15, 0.2) is 21.0 Å². The summed E-state index contributed by atoms with van der Waals surface area (Å²) in [5, 5.41) is 24.9. The molecule has 1 saturated heterocycles. The van der Waals surface area contributed by atoms with Crippen LogP contribution in [0.3, 0.4) is 0 Å². The number of nitrogens with two attached hydrogens (primary N) is 1. The van der Waals surface area contributed by atoms with Gasteiger partial charge in [0.05, 0.1) is 17.9 Å². The number of β-lactam (4-membered cyclic amide) rings is 1. The number of carbonyl (C=O) groups excluding carboxylic acids is 2. The molecule has 0 aromatic carbocycles. The molecule has 4 rings (SSSR count). The summed E-state index contributed by atoms with van der Waals surface area (Å²) in [6.07, 6.45) is -0.0348. The molecular weight excluding hydrogens is 575 g/mol. The molecule has 0 spiro atoms. The number of thioether (sulfide) groups is 2. The van der Waals surface area contributed by atoms with Crippen LogP contribution in [-0.2, 0) is 30.9 Å². The molecule has 2 atom stereocenters. The summed E-state index contributed by atoms with van der Waals surface area (Å²) in [5.74, 6) is -2.04. The molecule has 2 aliphatic rings. The van der Waals surface area contributed by atoms with Crippen molar-refractivity contribution in [3.63, 3.8) is 0 Å². The number of aromatic nitrogens is 3. The maximum Gasteiger partial charge on any atom is 0.352 e. The summed E-state index contributed by atoms with van der Waals surface area (Å²) < 4.78 is 30.8. The molecule has 6 N–H and O–H groups in total. The lowest BCUT2D eigenvalue weighted by Gasteiger charge is -2.49. The van der Waals surface area contributed by atoms with E-state index in [9.17, 15) is 27.9 Å². The van der Waals surface area contributed by atoms with Crippen LogP contribution in [0.1, 0.15) is 5.69 Å². The topological polar surface area (TPSA) is 218 Å². The highest BCUT2D eigenvalue weighted by atomic mass is 32.2. The van der Waals surface area contributed by atoms with Crippen LogP contribution in [-0.4, -0.2) is 91.2 Å². The Morgan fingerprint density at radius 2 is 2.11 bits per heavy atom. The molecule has 2 aliphatic heterocycles. The number of anilines is 2. The number of carboxylic acid groups (broad SMARTS) is 1. The average Bonchev–Trinajstić information content (AvgIpc) is 3.42. The van der Waals surface area contributed by atoms with Crippen LogP contribution in [0.2, 0.25) is 0 Å². The second kappa shape index (κ2) is 10.9. The summed E-state index contributed by atoms with van der Waals surface area (Å²) in [4.78, 5) is 42.3. The number of thiazole rings is 1. The maximum absolute atomic E-state index is 12.8. The van der Waals surface area contributed by atoms with Gasteiger partial charge in [0.15, 0.2) is 9.47 Å². The van der Waals surface area contributed by atoms with Gasteiger partial charge in [-0.25, -0.2) is 9.78 Å². The molecular formula is C17H19N7O7S5. The van der Waals surface area contributed by atoms with Crippen molar-refractivity contribution in [3.8, 4) is 0 Å². The van der Waals surface area contributed by atoms with Gasteiger partial charge in [0, 0.05) is 23.4 Å². The van der Waals surface area contributed by atoms with Crippen molar-refractivity contribution in [1.82, 2.24) is 25.4 Å². The minimum atomic E-state index is -4.10. The smallest absolute Gasteiger partial charge is 0.352 e. The van der Waals surface area contributed by atoms with Crippen LogP contribution in [0.4, 0.5) is 10.3 Å². The quantitative estimate of drug-likeness (QED) is 0.131. The number of aliphatic carboxylic acids is 1. The Kier molecular flexibility index (Phi) is 8.05. The lowest BCUT2D eigenvalue weighted by molar-refractivity contribution is -0.150. The van der Waals surface area contributed by atoms with Crippen molar-refractivity contribution in [2.75, 3.05) is 34.9 Å². The molecule has 4 heterocycles. The van der Waals surface area contributed by atoms with Crippen molar-refractivity contribution in [2.45, 2.75) is 22.2 Å². The number of hydrogen-bond acceptors (Lipinski definition) is 14. The number of nitrogen functional groups attached to an aromatic ring is 1. The van der Waals surface area contributed by atoms with E-state index in [-0.39, 0.29) is 24.4 Å². The van der Waals surface area contributed by atoms with Crippen LogP contribution in [0.5, 0.6) is 0 Å². The maximum atomic E-state index is 12.8. The number of rotatable bonds is 11. The molecule has 194 valence electrons. The third-order valence-electron chi connectivity index (χ3n) is 4.89. The van der Waals surface area contributed by atoms with Gasteiger partial charge >= 0.3 is 5.97 Å². The summed E-state index contributed by atoms with van der Waals surface area (Å²) in [6.45, 7) is -0.0446. The number of carbonyl (C=O) groups is 3. The monoisotopic (exact) mass is 593 g/mol. The van der Waals surface area contributed by atoms with Crippen molar-refractivity contribution >= 4 is 84.4 Å². The van der Waals surface area contributed by atoms with Gasteiger partial charge in [-0.3, -0.25) is 19.0 Å². The molecule has 19 heteroatoms. The van der Waals surface area contributed by atoms with E-state index in [1.54, 1.807) is 5.38 Å². The Morgan fingerprint density at radius 3 is 2.78 bits per heavy atom. The number of fused-ring (bicyclic) bond motifs is 1. The molecule has 2 amide bonds. The van der Waals surface area contributed by atoms with Gasteiger partial charge in [0.1, 0.15) is 17.1 Å². The zero-order valence-corrected chi connectivity index (χ0v) is 22.2. The average molecular weight is 594 g/mol. The molecule has 36 heavy (non-hydrogen) atoms. The first-order valence-electron chi connectivity index (χ1n) is 10.1. The van der Waals surface area contributed by atoms with Crippen molar-refractivity contribution in [1.29, 1.82) is 0 Å². The number of nitrogens with zero attached hydrogens (tertiary/aromatic N) is 4. The zero-order chi connectivity index (χ0) is 26.0. The van der Waals surface area contributed by atoms with Gasteiger partial charge in [0.2, 0.25) is 11.0 Å². The highest BCUT2D eigenvalue weighted by molar-refractivity contribution is 8.02. The summed E-state index contributed by atoms with van der Waals surface area (Å²) >= 11 is 4.94. The number of nitrogens with one attached hydrogen (secondary N) is 2. The van der Waals surface area contributed by atoms with Crippen molar-refractivity contribution < 1.29 is 32.5 Å². The Bertz CT molecular complexity index is 1320. The molecule has 0 bridgehead atoms. The Balaban J connectivity index is 1.35. The van der Waals surface area contributed by atoms with Gasteiger partial charge in [-0.15, -0.1) is 33.3 Å². The predicted molar refractivity (Wildman–Crippen MR) is 135 cm³/mol. The molecule has 0 radical (unpaired) electrons. The van der Waals surface area contributed by atoms with Gasteiger partial charge in [0.25, 0.3) is 16.0 Å². The first kappa shape index (κ1) is 26.6. The van der Waals surface area contributed by atoms with Crippen LogP contribution in [0.25, 0.3) is 0 Å². The summed E-state index contributed by atoms with van der Waals surface area (Å²) in [7, 11) is -4.10. The van der Waals surface area contributed by atoms with Gasteiger partial charge < -0.3 is 21.5 Å². The van der Waals surface area contributed by atoms with E-state index in [4.69, 9.17) is 10.3 Å². The Labute approximate surface area is 220 Å². The minimum Gasteiger partial charge on any atom is -0.477 e. The lowest BCUT2D eigenvalue weighted by Crippen LogP contribution is -2.70. The zero-order valence-electron chi connectivity index (χ0n) is 18.1. The second-order valence-electron chi connectivity index (χ2n) is 7.44. The normalized spacial score (nSPS) is 19.6. The van der Waals surface area contributed by atoms with E-state index >= 15 is 0 Å². The van der Waals surface area contributed by atoms with E-state index in [2.05, 4.69) is 25.8 Å². The summed E-state index contributed by atoms with van der Waals surface area (Å²) in [5.41, 5.74) is 6.48. The van der Waals surface area contributed by atoms with Crippen molar-refractivity contribution in [3.05, 3.63) is 22.3 Å². The molecule has 14 nitrogen and oxygen atoms in total. The van der Waals surface area contributed by atoms with Crippen LogP contribution < -0.4 is 16.4 Å². The first-order chi connectivity index (χ1) is 17.0. The van der Waals surface area contributed by atoms with E-state index in [0.717, 1.165) is 11.3 Å². The van der Waals surface area contributed by atoms with E-state index in [0.29, 0.717) is 31.6 Å². The van der Waals surface area contributed by atoms with Crippen LogP contribution in [0, 0.1) is 0 Å². The highest BCUT2D eigenvalue weighted by Crippen LogP contribution is 2.42. The third kappa shape index (κ3) is 6.27. The molecule has 0 aliphatic carbocycles. The van der Waals surface area contributed by atoms with Gasteiger partial charge in [-0.2, -0.15) is 8.42 Å². The fourth-order valence-electron chi connectivity index (χ4n) is 3.36. The largest absolute Gasteiger partial charge is 0.477 e. The number of hydrogen-bond donors (Lipinski definition) is 5. The van der Waals surface area contributed by atoms with E-state index < -0.39 is 45.1 Å². The minimum absolute atomic E-state index is 0.0348. The lowest BCUT2D eigenvalue weighted by atomic mass is 10.0.